The molecular weight excluding hydrogens is 327 g/mol. The van der Waals surface area contributed by atoms with Gasteiger partial charge in [-0.3, -0.25) is 0 Å². The molecule has 0 saturated carbocycles. The van der Waals surface area contributed by atoms with Crippen molar-refractivity contribution in [2.45, 2.75) is 11.8 Å². The van der Waals surface area contributed by atoms with E-state index in [1.54, 1.807) is 31.4 Å². The summed E-state index contributed by atoms with van der Waals surface area (Å²) < 4.78 is 18.0. The number of ether oxygens (including phenoxy) is 1. The van der Waals surface area contributed by atoms with Gasteiger partial charge in [0.2, 0.25) is 0 Å². The van der Waals surface area contributed by atoms with Crippen molar-refractivity contribution in [3.63, 3.8) is 0 Å². The average molecular weight is 341 g/mol. The molecule has 0 heterocycles. The minimum atomic E-state index is -0.628. The monoisotopic (exact) mass is 340 g/mol. The van der Waals surface area contributed by atoms with Crippen molar-refractivity contribution in [2.24, 2.45) is 0 Å². The van der Waals surface area contributed by atoms with Crippen LogP contribution in [0.4, 0.5) is 4.39 Å². The van der Waals surface area contributed by atoms with Crippen LogP contribution in [0.15, 0.2) is 35.2 Å². The summed E-state index contributed by atoms with van der Waals surface area (Å²) in [5, 5.41) is 10.3. The van der Waals surface area contributed by atoms with Gasteiger partial charge in [-0.2, -0.15) is 0 Å². The molecule has 0 bridgehead atoms. The number of carbonyl (C=O) groups is 1. The average Bonchev–Trinajstić information content (AvgIpc) is 2.51. The minimum absolute atomic E-state index is 0.0347. The highest BCUT2D eigenvalue weighted by Gasteiger charge is 2.23. The molecule has 0 aliphatic carbocycles. The van der Waals surface area contributed by atoms with Gasteiger partial charge < -0.3 is 9.84 Å². The van der Waals surface area contributed by atoms with E-state index in [0.29, 0.717) is 16.0 Å². The molecule has 0 atom stereocenters. The maximum Gasteiger partial charge on any atom is 0.343 e. The molecule has 0 aliphatic heterocycles. The van der Waals surface area contributed by atoms with Crippen LogP contribution in [0.25, 0.3) is 11.1 Å². The third-order valence-electron chi connectivity index (χ3n) is 3.06. The summed E-state index contributed by atoms with van der Waals surface area (Å²) in [4.78, 5) is 12.5. The third-order valence-corrected chi connectivity index (χ3v) is 4.20. The normalized spacial score (nSPS) is 10.5. The summed E-state index contributed by atoms with van der Waals surface area (Å²) in [7, 11) is 0. The van der Waals surface area contributed by atoms with Gasteiger partial charge in [0.15, 0.2) is 0 Å². The summed E-state index contributed by atoms with van der Waals surface area (Å²) in [6.07, 6.45) is 1.78. The van der Waals surface area contributed by atoms with Crippen LogP contribution in [-0.4, -0.2) is 23.9 Å². The summed E-state index contributed by atoms with van der Waals surface area (Å²) in [6, 6.07) is 7.42. The van der Waals surface area contributed by atoms with Crippen LogP contribution in [-0.2, 0) is 4.74 Å². The Balaban J connectivity index is 2.62. The summed E-state index contributed by atoms with van der Waals surface area (Å²) in [5.41, 5.74) is 1.22. The number of carbonyl (C=O) groups excluding carboxylic acids is 1. The molecule has 1 N–H and O–H groups in total. The van der Waals surface area contributed by atoms with Crippen molar-refractivity contribution in [3.8, 4) is 16.9 Å². The van der Waals surface area contributed by atoms with Crippen LogP contribution < -0.4 is 0 Å². The molecule has 0 saturated heterocycles. The molecule has 22 heavy (non-hydrogen) atoms. The minimum Gasteiger partial charge on any atom is -0.505 e. The fourth-order valence-corrected chi connectivity index (χ4v) is 2.90. The van der Waals surface area contributed by atoms with Crippen molar-refractivity contribution in [3.05, 3.63) is 46.7 Å². The predicted molar refractivity (Wildman–Crippen MR) is 86.2 cm³/mol. The molecule has 0 unspecified atom stereocenters. The largest absolute Gasteiger partial charge is 0.505 e. The Labute approximate surface area is 137 Å². The highest BCUT2D eigenvalue weighted by atomic mass is 35.5. The SMILES string of the molecule is CCOC(=O)c1c(SC)cc(-c2ccc(F)cc2)c(Cl)c1O. The van der Waals surface area contributed by atoms with Crippen LogP contribution in [0.1, 0.15) is 17.3 Å². The number of halogens is 2. The number of esters is 1. The lowest BCUT2D eigenvalue weighted by molar-refractivity contribution is 0.0519. The van der Waals surface area contributed by atoms with E-state index < -0.39 is 5.97 Å². The Morgan fingerprint density at radius 2 is 2.00 bits per heavy atom. The molecule has 2 aromatic carbocycles. The second-order valence-corrected chi connectivity index (χ2v) is 5.62. The van der Waals surface area contributed by atoms with E-state index in [0.717, 1.165) is 0 Å². The Kier molecular flexibility index (Phi) is 5.32. The molecule has 0 amide bonds. The third kappa shape index (κ3) is 3.20. The van der Waals surface area contributed by atoms with Crippen LogP contribution >= 0.6 is 23.4 Å². The maximum absolute atomic E-state index is 13.0. The molecule has 0 radical (unpaired) electrons. The van der Waals surface area contributed by atoms with Crippen molar-refractivity contribution in [1.82, 2.24) is 0 Å². The van der Waals surface area contributed by atoms with E-state index in [9.17, 15) is 14.3 Å². The van der Waals surface area contributed by atoms with Gasteiger partial charge in [-0.25, -0.2) is 9.18 Å². The fourth-order valence-electron chi connectivity index (χ4n) is 2.02. The summed E-state index contributed by atoms with van der Waals surface area (Å²) in [6.45, 7) is 1.88. The summed E-state index contributed by atoms with van der Waals surface area (Å²) in [5.74, 6) is -1.32. The van der Waals surface area contributed by atoms with Crippen LogP contribution in [0.5, 0.6) is 5.75 Å². The van der Waals surface area contributed by atoms with Gasteiger partial charge in [0.1, 0.15) is 17.1 Å². The molecule has 0 aliphatic rings. The smallest absolute Gasteiger partial charge is 0.343 e. The number of benzene rings is 2. The lowest BCUT2D eigenvalue weighted by Gasteiger charge is -2.14. The maximum atomic E-state index is 13.0. The van der Waals surface area contributed by atoms with E-state index >= 15 is 0 Å². The van der Waals surface area contributed by atoms with Crippen molar-refractivity contribution in [2.75, 3.05) is 12.9 Å². The van der Waals surface area contributed by atoms with Gasteiger partial charge >= 0.3 is 5.97 Å². The number of thioether (sulfide) groups is 1. The molecular formula is C16H14ClFO3S. The van der Waals surface area contributed by atoms with E-state index in [-0.39, 0.29) is 28.8 Å². The molecule has 2 rings (SSSR count). The molecule has 116 valence electrons. The topological polar surface area (TPSA) is 46.5 Å². The zero-order valence-corrected chi connectivity index (χ0v) is 13.6. The fraction of sp³-hybridized carbons (Fsp3) is 0.188. The standard InChI is InChI=1S/C16H14ClFO3S/c1-3-21-16(20)13-12(22-2)8-11(14(17)15(13)19)9-4-6-10(18)7-5-9/h4-8,19H,3H2,1-2H3. The first-order chi connectivity index (χ1) is 10.5. The number of hydrogen-bond donors (Lipinski definition) is 1. The molecule has 0 aromatic heterocycles. The molecule has 0 spiro atoms. The lowest BCUT2D eigenvalue weighted by Crippen LogP contribution is -2.07. The molecule has 2 aromatic rings. The van der Waals surface area contributed by atoms with Crippen LogP contribution in [0, 0.1) is 5.82 Å². The zero-order valence-electron chi connectivity index (χ0n) is 12.0. The van der Waals surface area contributed by atoms with Gasteiger partial charge in [-0.1, -0.05) is 23.7 Å². The Bertz CT molecular complexity index is 702. The number of aromatic hydroxyl groups is 1. The lowest BCUT2D eigenvalue weighted by atomic mass is 10.0. The second-order valence-electron chi connectivity index (χ2n) is 4.39. The van der Waals surface area contributed by atoms with Crippen molar-refractivity contribution in [1.29, 1.82) is 0 Å². The molecule has 3 nitrogen and oxygen atoms in total. The highest BCUT2D eigenvalue weighted by Crippen LogP contribution is 2.42. The van der Waals surface area contributed by atoms with Gasteiger partial charge in [0.05, 0.1) is 11.6 Å². The number of phenols is 1. The van der Waals surface area contributed by atoms with Gasteiger partial charge in [0, 0.05) is 10.5 Å². The van der Waals surface area contributed by atoms with E-state index in [1.807, 2.05) is 0 Å². The molecule has 6 heteroatoms. The number of phenolic OH excluding ortho intramolecular Hbond substituents is 1. The Morgan fingerprint density at radius 1 is 1.36 bits per heavy atom. The van der Waals surface area contributed by atoms with E-state index in [4.69, 9.17) is 16.3 Å². The first kappa shape index (κ1) is 16.6. The Hall–Kier alpha value is -1.72. The first-order valence-corrected chi connectivity index (χ1v) is 8.12. The van der Waals surface area contributed by atoms with Gasteiger partial charge in [-0.15, -0.1) is 11.8 Å². The zero-order chi connectivity index (χ0) is 16.3. The van der Waals surface area contributed by atoms with Crippen LogP contribution in [0.3, 0.4) is 0 Å². The predicted octanol–water partition coefficient (Wildman–Crippen LogP) is 4.75. The molecule has 0 fully saturated rings. The van der Waals surface area contributed by atoms with E-state index in [1.165, 1.54) is 23.9 Å². The van der Waals surface area contributed by atoms with Gasteiger partial charge in [-0.05, 0) is 36.9 Å². The van der Waals surface area contributed by atoms with Crippen molar-refractivity contribution >= 4 is 29.3 Å². The Morgan fingerprint density at radius 3 is 2.55 bits per heavy atom. The van der Waals surface area contributed by atoms with E-state index in [2.05, 4.69) is 0 Å². The van der Waals surface area contributed by atoms with Crippen molar-refractivity contribution < 1.29 is 19.0 Å². The van der Waals surface area contributed by atoms with Gasteiger partial charge in [0.25, 0.3) is 0 Å². The summed E-state index contributed by atoms with van der Waals surface area (Å²) >= 11 is 7.48. The number of hydrogen-bond acceptors (Lipinski definition) is 4. The number of rotatable bonds is 4. The highest BCUT2D eigenvalue weighted by molar-refractivity contribution is 7.98. The second kappa shape index (κ2) is 7.03. The quantitative estimate of drug-likeness (QED) is 0.644. The first-order valence-electron chi connectivity index (χ1n) is 6.52. The van der Waals surface area contributed by atoms with Crippen LogP contribution in [0.2, 0.25) is 5.02 Å².